The predicted octanol–water partition coefficient (Wildman–Crippen LogP) is 4.14. The highest BCUT2D eigenvalue weighted by Gasteiger charge is 2.16. The Labute approximate surface area is 166 Å². The van der Waals surface area contributed by atoms with Gasteiger partial charge in [0, 0.05) is 25.7 Å². The van der Waals surface area contributed by atoms with Crippen molar-refractivity contribution in [1.82, 2.24) is 10.2 Å². The van der Waals surface area contributed by atoms with Gasteiger partial charge in [-0.3, -0.25) is 9.69 Å². The van der Waals surface area contributed by atoms with Crippen LogP contribution >= 0.6 is 0 Å². The summed E-state index contributed by atoms with van der Waals surface area (Å²) in [5.74, 6) is 0.794. The molecule has 0 radical (unpaired) electrons. The summed E-state index contributed by atoms with van der Waals surface area (Å²) in [7, 11) is 0. The van der Waals surface area contributed by atoms with Crippen LogP contribution in [-0.4, -0.2) is 30.5 Å². The fraction of sp³-hybridized carbons (Fsp3) is 0.435. The van der Waals surface area contributed by atoms with Crippen LogP contribution in [0.3, 0.4) is 0 Å². The molecule has 1 saturated heterocycles. The molecule has 1 heterocycles. The van der Waals surface area contributed by atoms with Crippen molar-refractivity contribution in [3.8, 4) is 5.75 Å². The molecule has 4 nitrogen and oxygen atoms in total. The zero-order chi connectivity index (χ0) is 19.8. The third-order valence-corrected chi connectivity index (χ3v) is 5.05. The molecular weight excluding hydrogens is 355 g/mol. The summed E-state index contributed by atoms with van der Waals surface area (Å²) in [5, 5.41) is 2.90. The first-order valence-corrected chi connectivity index (χ1v) is 10.0. The zero-order valence-electron chi connectivity index (χ0n) is 16.5. The third-order valence-electron chi connectivity index (χ3n) is 5.05. The molecule has 2 aromatic rings. The molecule has 0 aromatic heterocycles. The zero-order valence-corrected chi connectivity index (χ0v) is 16.5. The molecule has 150 valence electrons. The first kappa shape index (κ1) is 20.3. The number of benzene rings is 2. The summed E-state index contributed by atoms with van der Waals surface area (Å²) < 4.78 is 18.5. The summed E-state index contributed by atoms with van der Waals surface area (Å²) in [6.45, 7) is 6.40. The van der Waals surface area contributed by atoms with Gasteiger partial charge in [-0.1, -0.05) is 37.3 Å². The summed E-state index contributed by atoms with van der Waals surface area (Å²) >= 11 is 0. The van der Waals surface area contributed by atoms with Crippen LogP contribution in [0.25, 0.3) is 0 Å². The number of carbonyl (C=O) groups excluding carboxylic acids is 1. The number of rotatable bonds is 8. The Hall–Kier alpha value is -2.40. The number of nitrogens with zero attached hydrogens (tertiary/aromatic N) is 1. The van der Waals surface area contributed by atoms with Crippen molar-refractivity contribution in [2.24, 2.45) is 5.92 Å². The van der Waals surface area contributed by atoms with Gasteiger partial charge in [0.1, 0.15) is 11.6 Å². The smallest absolute Gasteiger partial charge is 0.223 e. The Morgan fingerprint density at radius 1 is 1.21 bits per heavy atom. The number of ether oxygens (including phenoxy) is 1. The Kier molecular flexibility index (Phi) is 7.43. The van der Waals surface area contributed by atoms with Gasteiger partial charge in [0.2, 0.25) is 5.91 Å². The van der Waals surface area contributed by atoms with Gasteiger partial charge in [-0.05, 0) is 48.6 Å². The number of likely N-dealkylation sites (tertiary alicyclic amines) is 1. The predicted molar refractivity (Wildman–Crippen MR) is 108 cm³/mol. The maximum atomic E-state index is 13.1. The Balaban J connectivity index is 1.36. The lowest BCUT2D eigenvalue weighted by atomic mass is 9.99. The molecule has 1 fully saturated rings. The van der Waals surface area contributed by atoms with E-state index in [9.17, 15) is 9.18 Å². The molecule has 1 aliphatic rings. The van der Waals surface area contributed by atoms with Crippen LogP contribution in [0.4, 0.5) is 4.39 Å². The molecule has 3 rings (SSSR count). The number of carbonyl (C=O) groups is 1. The van der Waals surface area contributed by atoms with E-state index in [1.54, 1.807) is 12.1 Å². The third kappa shape index (κ3) is 6.64. The SMILES string of the molecule is CC1CCCN(Cc2ccc(CNC(=O)CCOc3cccc(F)c3)cc2)C1. The maximum absolute atomic E-state index is 13.1. The number of hydrogen-bond donors (Lipinski definition) is 1. The van der Waals surface area contributed by atoms with Crippen molar-refractivity contribution in [1.29, 1.82) is 0 Å². The van der Waals surface area contributed by atoms with Crippen molar-refractivity contribution in [2.75, 3.05) is 19.7 Å². The van der Waals surface area contributed by atoms with Gasteiger partial charge in [0.25, 0.3) is 0 Å². The number of hydrogen-bond acceptors (Lipinski definition) is 3. The van der Waals surface area contributed by atoms with Gasteiger partial charge in [0.15, 0.2) is 0 Å². The van der Waals surface area contributed by atoms with Gasteiger partial charge >= 0.3 is 0 Å². The minimum Gasteiger partial charge on any atom is -0.493 e. The number of nitrogens with one attached hydrogen (secondary N) is 1. The average molecular weight is 384 g/mol. The fourth-order valence-electron chi connectivity index (χ4n) is 3.56. The second-order valence-electron chi connectivity index (χ2n) is 7.63. The minimum atomic E-state index is -0.347. The molecule has 28 heavy (non-hydrogen) atoms. The van der Waals surface area contributed by atoms with Crippen LogP contribution in [0.15, 0.2) is 48.5 Å². The van der Waals surface area contributed by atoms with Gasteiger partial charge in [-0.15, -0.1) is 0 Å². The lowest BCUT2D eigenvalue weighted by Crippen LogP contribution is -2.33. The van der Waals surface area contributed by atoms with Crippen LogP contribution < -0.4 is 10.1 Å². The highest BCUT2D eigenvalue weighted by atomic mass is 19.1. The van der Waals surface area contributed by atoms with E-state index in [0.29, 0.717) is 12.3 Å². The quantitative estimate of drug-likeness (QED) is 0.744. The monoisotopic (exact) mass is 384 g/mol. The van der Waals surface area contributed by atoms with Crippen molar-refractivity contribution in [2.45, 2.75) is 39.3 Å². The Morgan fingerprint density at radius 3 is 2.75 bits per heavy atom. The highest BCUT2D eigenvalue weighted by Crippen LogP contribution is 2.18. The summed E-state index contributed by atoms with van der Waals surface area (Å²) in [5.41, 5.74) is 2.39. The number of piperidine rings is 1. The van der Waals surface area contributed by atoms with E-state index < -0.39 is 0 Å². The molecule has 1 atom stereocenters. The molecule has 1 amide bonds. The molecule has 1 N–H and O–H groups in total. The molecule has 0 bridgehead atoms. The van der Waals surface area contributed by atoms with Crippen molar-refractivity contribution < 1.29 is 13.9 Å². The maximum Gasteiger partial charge on any atom is 0.223 e. The molecule has 2 aromatic carbocycles. The van der Waals surface area contributed by atoms with Crippen molar-refractivity contribution >= 4 is 5.91 Å². The molecule has 1 aliphatic heterocycles. The summed E-state index contributed by atoms with van der Waals surface area (Å²) in [6.07, 6.45) is 2.86. The molecule has 0 saturated carbocycles. The van der Waals surface area contributed by atoms with E-state index in [0.717, 1.165) is 18.0 Å². The van der Waals surface area contributed by atoms with Crippen LogP contribution in [0.1, 0.15) is 37.3 Å². The van der Waals surface area contributed by atoms with E-state index in [4.69, 9.17) is 4.74 Å². The topological polar surface area (TPSA) is 41.6 Å². The largest absolute Gasteiger partial charge is 0.493 e. The van der Waals surface area contributed by atoms with Gasteiger partial charge < -0.3 is 10.1 Å². The van der Waals surface area contributed by atoms with E-state index in [1.807, 2.05) is 0 Å². The van der Waals surface area contributed by atoms with Crippen molar-refractivity contribution in [3.63, 3.8) is 0 Å². The molecular formula is C23H29FN2O2. The second kappa shape index (κ2) is 10.2. The first-order valence-electron chi connectivity index (χ1n) is 10.0. The normalized spacial score (nSPS) is 17.3. The van der Waals surface area contributed by atoms with Crippen molar-refractivity contribution in [3.05, 3.63) is 65.5 Å². The highest BCUT2D eigenvalue weighted by molar-refractivity contribution is 5.76. The standard InChI is InChI=1S/C23H29FN2O2/c1-18-4-3-12-26(16-18)17-20-9-7-19(8-10-20)15-25-23(27)11-13-28-22-6-2-5-21(24)14-22/h2,5-10,14,18H,3-4,11-13,15-17H2,1H3,(H,25,27). The lowest BCUT2D eigenvalue weighted by molar-refractivity contribution is -0.121. The molecule has 1 unspecified atom stereocenters. The van der Waals surface area contributed by atoms with Crippen LogP contribution in [0.5, 0.6) is 5.75 Å². The van der Waals surface area contributed by atoms with Crippen LogP contribution in [-0.2, 0) is 17.9 Å². The minimum absolute atomic E-state index is 0.0808. The Morgan fingerprint density at radius 2 is 2.00 bits per heavy atom. The van der Waals surface area contributed by atoms with E-state index >= 15 is 0 Å². The van der Waals surface area contributed by atoms with Gasteiger partial charge in [-0.2, -0.15) is 0 Å². The van der Waals surface area contributed by atoms with E-state index in [1.165, 1.54) is 43.6 Å². The second-order valence-corrected chi connectivity index (χ2v) is 7.63. The first-order chi connectivity index (χ1) is 13.6. The number of amides is 1. The van der Waals surface area contributed by atoms with Crippen LogP contribution in [0, 0.1) is 11.7 Å². The summed E-state index contributed by atoms with van der Waals surface area (Å²) in [6, 6.07) is 14.4. The van der Waals surface area contributed by atoms with Crippen LogP contribution in [0.2, 0.25) is 0 Å². The Bertz CT molecular complexity index is 763. The van der Waals surface area contributed by atoms with E-state index in [2.05, 4.69) is 41.4 Å². The average Bonchev–Trinajstić information content (AvgIpc) is 2.68. The molecule has 5 heteroatoms. The summed E-state index contributed by atoms with van der Waals surface area (Å²) in [4.78, 5) is 14.5. The van der Waals surface area contributed by atoms with E-state index in [-0.39, 0.29) is 24.8 Å². The molecule has 0 spiro atoms. The molecule has 0 aliphatic carbocycles. The fourth-order valence-corrected chi connectivity index (χ4v) is 3.56. The lowest BCUT2D eigenvalue weighted by Gasteiger charge is -2.30. The van der Waals surface area contributed by atoms with Gasteiger partial charge in [-0.25, -0.2) is 4.39 Å². The number of halogens is 1. The van der Waals surface area contributed by atoms with Gasteiger partial charge in [0.05, 0.1) is 13.0 Å².